The molecule has 0 aliphatic carbocycles. The van der Waals surface area contributed by atoms with E-state index in [1.165, 1.54) is 0 Å². The Morgan fingerprint density at radius 2 is 1.65 bits per heavy atom. The van der Waals surface area contributed by atoms with Gasteiger partial charge in [-0.3, -0.25) is 9.59 Å². The van der Waals surface area contributed by atoms with Gasteiger partial charge in [-0.2, -0.15) is 0 Å². The van der Waals surface area contributed by atoms with Gasteiger partial charge in [-0.25, -0.2) is 0 Å². The fraction of sp³-hybridized carbons (Fsp3) is 0.231. The maximum absolute atomic E-state index is 13.0. The first-order chi connectivity index (χ1) is 15.0. The summed E-state index contributed by atoms with van der Waals surface area (Å²) in [6, 6.07) is 22.9. The van der Waals surface area contributed by atoms with Crippen molar-refractivity contribution in [2.45, 2.75) is 27.2 Å². The van der Waals surface area contributed by atoms with Gasteiger partial charge in [0.1, 0.15) is 0 Å². The average molecular weight is 416 g/mol. The monoisotopic (exact) mass is 415 g/mol. The predicted octanol–water partition coefficient (Wildman–Crippen LogP) is 5.27. The van der Waals surface area contributed by atoms with Gasteiger partial charge < -0.3 is 15.5 Å². The first-order valence-electron chi connectivity index (χ1n) is 10.6. The summed E-state index contributed by atoms with van der Waals surface area (Å²) in [5, 5.41) is 6.14. The molecule has 5 heteroatoms. The standard InChI is InChI=1S/C26H29N3O2/c1-4-20-12-9-11-19(3)25(20)28-24(30)18-27-22-14-10-13-21(17-22)26(31)29(5-2)23-15-7-6-8-16-23/h6-17,27H,4-5,18H2,1-3H3,(H,28,30). The molecule has 3 rings (SSSR count). The minimum Gasteiger partial charge on any atom is -0.376 e. The largest absolute Gasteiger partial charge is 0.376 e. The third-order valence-electron chi connectivity index (χ3n) is 5.20. The lowest BCUT2D eigenvalue weighted by atomic mass is 10.1. The third kappa shape index (κ3) is 5.51. The number of hydrogen-bond acceptors (Lipinski definition) is 3. The molecule has 0 radical (unpaired) electrons. The van der Waals surface area contributed by atoms with Gasteiger partial charge in [0, 0.05) is 29.2 Å². The summed E-state index contributed by atoms with van der Waals surface area (Å²) in [6.45, 7) is 6.70. The molecule has 0 fully saturated rings. The summed E-state index contributed by atoms with van der Waals surface area (Å²) in [6.07, 6.45) is 0.851. The number of nitrogens with one attached hydrogen (secondary N) is 2. The van der Waals surface area contributed by atoms with Crippen LogP contribution in [-0.4, -0.2) is 24.9 Å². The van der Waals surface area contributed by atoms with E-state index >= 15 is 0 Å². The van der Waals surface area contributed by atoms with Crippen molar-refractivity contribution in [2.24, 2.45) is 0 Å². The van der Waals surface area contributed by atoms with Crippen molar-refractivity contribution < 1.29 is 9.59 Å². The number of carbonyl (C=O) groups is 2. The fourth-order valence-electron chi connectivity index (χ4n) is 3.54. The van der Waals surface area contributed by atoms with Crippen molar-refractivity contribution in [2.75, 3.05) is 28.6 Å². The number of hydrogen-bond donors (Lipinski definition) is 2. The number of carbonyl (C=O) groups excluding carboxylic acids is 2. The van der Waals surface area contributed by atoms with Gasteiger partial charge in [0.15, 0.2) is 0 Å². The molecule has 0 spiro atoms. The molecule has 5 nitrogen and oxygen atoms in total. The number of aryl methyl sites for hydroxylation is 2. The van der Waals surface area contributed by atoms with Crippen molar-refractivity contribution in [3.05, 3.63) is 89.5 Å². The van der Waals surface area contributed by atoms with Gasteiger partial charge in [0.2, 0.25) is 5.91 Å². The van der Waals surface area contributed by atoms with Crippen LogP contribution < -0.4 is 15.5 Å². The molecule has 0 saturated carbocycles. The van der Waals surface area contributed by atoms with E-state index in [0.29, 0.717) is 12.1 Å². The highest BCUT2D eigenvalue weighted by Gasteiger charge is 2.16. The van der Waals surface area contributed by atoms with Gasteiger partial charge in [0.25, 0.3) is 5.91 Å². The quantitative estimate of drug-likeness (QED) is 0.526. The summed E-state index contributed by atoms with van der Waals surface area (Å²) >= 11 is 0. The Labute approximate surface area is 184 Å². The molecule has 0 aliphatic heterocycles. The van der Waals surface area contributed by atoms with Gasteiger partial charge in [-0.1, -0.05) is 49.4 Å². The lowest BCUT2D eigenvalue weighted by molar-refractivity contribution is -0.114. The number of rotatable bonds is 8. The van der Waals surface area contributed by atoms with Gasteiger partial charge >= 0.3 is 0 Å². The molecule has 3 aromatic carbocycles. The van der Waals surface area contributed by atoms with Gasteiger partial charge in [-0.15, -0.1) is 0 Å². The van der Waals surface area contributed by atoms with Crippen LogP contribution in [-0.2, 0) is 11.2 Å². The number of anilines is 3. The highest BCUT2D eigenvalue weighted by atomic mass is 16.2. The Balaban J connectivity index is 1.67. The fourth-order valence-corrected chi connectivity index (χ4v) is 3.54. The smallest absolute Gasteiger partial charge is 0.258 e. The molecule has 2 N–H and O–H groups in total. The molecule has 0 bridgehead atoms. The van der Waals surface area contributed by atoms with Crippen molar-refractivity contribution in [1.29, 1.82) is 0 Å². The van der Waals surface area contributed by atoms with Crippen LogP contribution in [0.3, 0.4) is 0 Å². The van der Waals surface area contributed by atoms with Gasteiger partial charge in [0.05, 0.1) is 6.54 Å². The summed E-state index contributed by atoms with van der Waals surface area (Å²) in [5.74, 6) is -0.200. The van der Waals surface area contributed by atoms with Crippen LogP contribution >= 0.6 is 0 Å². The second-order valence-electron chi connectivity index (χ2n) is 7.33. The summed E-state index contributed by atoms with van der Waals surface area (Å²) in [7, 11) is 0. The van der Waals surface area contributed by atoms with Crippen LogP contribution in [0.2, 0.25) is 0 Å². The maximum atomic E-state index is 13.0. The Bertz CT molecular complexity index is 1050. The summed E-state index contributed by atoms with van der Waals surface area (Å²) in [5.41, 5.74) is 5.19. The average Bonchev–Trinajstić information content (AvgIpc) is 2.80. The molecule has 0 heterocycles. The second-order valence-corrected chi connectivity index (χ2v) is 7.33. The van der Waals surface area contributed by atoms with E-state index in [1.807, 2.05) is 74.5 Å². The SMILES string of the molecule is CCc1cccc(C)c1NC(=O)CNc1cccc(C(=O)N(CC)c2ccccc2)c1. The van der Waals surface area contributed by atoms with E-state index in [-0.39, 0.29) is 18.4 Å². The van der Waals surface area contributed by atoms with Crippen molar-refractivity contribution in [1.82, 2.24) is 0 Å². The number of nitrogens with zero attached hydrogens (tertiary/aromatic N) is 1. The van der Waals surface area contributed by atoms with Crippen LogP contribution in [0.15, 0.2) is 72.8 Å². The molecule has 0 unspecified atom stereocenters. The van der Waals surface area contributed by atoms with Crippen LogP contribution in [0.1, 0.15) is 35.3 Å². The highest BCUT2D eigenvalue weighted by molar-refractivity contribution is 6.06. The molecule has 160 valence electrons. The molecule has 0 saturated heterocycles. The first kappa shape index (κ1) is 22.1. The zero-order chi connectivity index (χ0) is 22.2. The van der Waals surface area contributed by atoms with E-state index in [0.717, 1.165) is 34.6 Å². The van der Waals surface area contributed by atoms with Crippen molar-refractivity contribution in [3.63, 3.8) is 0 Å². The molecule has 31 heavy (non-hydrogen) atoms. The van der Waals surface area contributed by atoms with Crippen LogP contribution in [0, 0.1) is 6.92 Å². The molecule has 2 amide bonds. The second kappa shape index (κ2) is 10.4. The minimum absolute atomic E-state index is 0.0747. The van der Waals surface area contributed by atoms with E-state index in [9.17, 15) is 9.59 Å². The molecule has 0 aliphatic rings. The lowest BCUT2D eigenvalue weighted by Gasteiger charge is -2.21. The minimum atomic E-state index is -0.125. The van der Waals surface area contributed by atoms with Crippen LogP contribution in [0.5, 0.6) is 0 Å². The van der Waals surface area contributed by atoms with E-state index in [1.54, 1.807) is 17.0 Å². The third-order valence-corrected chi connectivity index (χ3v) is 5.20. The predicted molar refractivity (Wildman–Crippen MR) is 128 cm³/mol. The van der Waals surface area contributed by atoms with Crippen molar-refractivity contribution in [3.8, 4) is 0 Å². The number of amides is 2. The Hall–Kier alpha value is -3.60. The molecule has 0 atom stereocenters. The number of para-hydroxylation sites is 2. The topological polar surface area (TPSA) is 61.4 Å². The zero-order valence-electron chi connectivity index (χ0n) is 18.3. The molecular weight excluding hydrogens is 386 g/mol. The van der Waals surface area contributed by atoms with E-state index in [2.05, 4.69) is 17.6 Å². The van der Waals surface area contributed by atoms with E-state index in [4.69, 9.17) is 0 Å². The van der Waals surface area contributed by atoms with Crippen molar-refractivity contribution >= 4 is 28.9 Å². The Kier molecular flexibility index (Phi) is 7.44. The normalized spacial score (nSPS) is 10.4. The van der Waals surface area contributed by atoms with Gasteiger partial charge in [-0.05, 0) is 61.7 Å². The van der Waals surface area contributed by atoms with E-state index < -0.39 is 0 Å². The molecular formula is C26H29N3O2. The first-order valence-corrected chi connectivity index (χ1v) is 10.6. The number of benzene rings is 3. The Morgan fingerprint density at radius 1 is 0.903 bits per heavy atom. The van der Waals surface area contributed by atoms with Crippen LogP contribution in [0.4, 0.5) is 17.1 Å². The summed E-state index contributed by atoms with van der Waals surface area (Å²) < 4.78 is 0. The van der Waals surface area contributed by atoms with Crippen LogP contribution in [0.25, 0.3) is 0 Å². The molecule has 0 aromatic heterocycles. The molecule has 3 aromatic rings. The summed E-state index contributed by atoms with van der Waals surface area (Å²) in [4.78, 5) is 27.3. The lowest BCUT2D eigenvalue weighted by Crippen LogP contribution is -2.30. The zero-order valence-corrected chi connectivity index (χ0v) is 18.3. The Morgan fingerprint density at radius 3 is 2.35 bits per heavy atom. The highest BCUT2D eigenvalue weighted by Crippen LogP contribution is 2.21. The maximum Gasteiger partial charge on any atom is 0.258 e.